The van der Waals surface area contributed by atoms with Gasteiger partial charge in [-0.05, 0) is 37.1 Å². The first-order valence-corrected chi connectivity index (χ1v) is 6.47. The Morgan fingerprint density at radius 3 is 2.47 bits per heavy atom. The van der Waals surface area contributed by atoms with Crippen LogP contribution in [0.1, 0.15) is 32.4 Å². The molecular formula is C16H20N2O. The lowest BCUT2D eigenvalue weighted by atomic mass is 9.96. The minimum absolute atomic E-state index is 0.0496. The van der Waals surface area contributed by atoms with Crippen LogP contribution < -0.4 is 11.1 Å². The van der Waals surface area contributed by atoms with E-state index in [9.17, 15) is 4.79 Å². The third kappa shape index (κ3) is 2.76. The van der Waals surface area contributed by atoms with Crippen LogP contribution in [0.25, 0.3) is 10.8 Å². The average Bonchev–Trinajstić information content (AvgIpc) is 2.37. The summed E-state index contributed by atoms with van der Waals surface area (Å²) in [5.74, 6) is -0.348. The Bertz CT molecular complexity index is 599. The number of carbonyl (C=O) groups is 1. The largest absolute Gasteiger partial charge is 0.368 e. The Kier molecular flexibility index (Phi) is 3.58. The normalized spacial score (nSPS) is 13.4. The molecule has 2 aromatic carbocycles. The Balaban J connectivity index is 2.37. The van der Waals surface area contributed by atoms with Crippen LogP contribution in [0.4, 0.5) is 0 Å². The van der Waals surface area contributed by atoms with Crippen LogP contribution in [0.5, 0.6) is 0 Å². The number of amides is 1. The molecule has 0 spiro atoms. The van der Waals surface area contributed by atoms with E-state index in [0.717, 1.165) is 0 Å². The lowest BCUT2D eigenvalue weighted by molar-refractivity contribution is -0.123. The molecule has 0 bridgehead atoms. The minimum atomic E-state index is -0.726. The number of rotatable bonds is 4. The molecule has 3 heteroatoms. The first kappa shape index (κ1) is 13.6. The highest BCUT2D eigenvalue weighted by atomic mass is 16.1. The molecular weight excluding hydrogens is 236 g/mol. The van der Waals surface area contributed by atoms with Gasteiger partial charge in [-0.3, -0.25) is 10.1 Å². The summed E-state index contributed by atoms with van der Waals surface area (Å²) in [4.78, 5) is 11.4. The number of fused-ring (bicyclic) bond motifs is 1. The van der Waals surface area contributed by atoms with Crippen LogP contribution in [0.2, 0.25) is 0 Å². The summed E-state index contributed by atoms with van der Waals surface area (Å²) in [5.41, 5.74) is 5.86. The lowest BCUT2D eigenvalue weighted by Crippen LogP contribution is -2.51. The van der Waals surface area contributed by atoms with Crippen molar-refractivity contribution in [2.24, 2.45) is 5.73 Å². The van der Waals surface area contributed by atoms with E-state index in [0.29, 0.717) is 0 Å². The quantitative estimate of drug-likeness (QED) is 0.883. The molecule has 2 rings (SSSR count). The summed E-state index contributed by atoms with van der Waals surface area (Å²) in [5, 5.41) is 5.69. The molecule has 2 aromatic rings. The molecule has 1 atom stereocenters. The number of nitrogens with two attached hydrogens (primary N) is 1. The van der Waals surface area contributed by atoms with Crippen molar-refractivity contribution >= 4 is 16.7 Å². The van der Waals surface area contributed by atoms with Gasteiger partial charge in [-0.25, -0.2) is 0 Å². The number of nitrogens with one attached hydrogen (secondary N) is 1. The second-order valence-electron chi connectivity index (χ2n) is 5.42. The summed E-state index contributed by atoms with van der Waals surface area (Å²) in [6.07, 6.45) is 0. The number of hydrogen-bond acceptors (Lipinski definition) is 2. The van der Waals surface area contributed by atoms with Gasteiger partial charge in [-0.1, -0.05) is 42.5 Å². The van der Waals surface area contributed by atoms with E-state index in [1.54, 1.807) is 13.8 Å². The Morgan fingerprint density at radius 1 is 1.16 bits per heavy atom. The molecule has 3 N–H and O–H groups in total. The Hall–Kier alpha value is -1.87. The van der Waals surface area contributed by atoms with E-state index < -0.39 is 5.54 Å². The van der Waals surface area contributed by atoms with Crippen molar-refractivity contribution in [2.75, 3.05) is 0 Å². The van der Waals surface area contributed by atoms with E-state index in [4.69, 9.17) is 5.73 Å². The molecule has 3 nitrogen and oxygen atoms in total. The number of hydrogen-bond donors (Lipinski definition) is 2. The maximum atomic E-state index is 11.4. The summed E-state index contributed by atoms with van der Waals surface area (Å²) in [7, 11) is 0. The molecule has 1 unspecified atom stereocenters. The average molecular weight is 256 g/mol. The van der Waals surface area contributed by atoms with Gasteiger partial charge in [0.2, 0.25) is 5.91 Å². The van der Waals surface area contributed by atoms with E-state index >= 15 is 0 Å². The topological polar surface area (TPSA) is 55.1 Å². The van der Waals surface area contributed by atoms with Crippen LogP contribution >= 0.6 is 0 Å². The SMILES string of the molecule is CC(NC(C)(C)C(N)=O)c1cccc2ccccc12. The zero-order valence-electron chi connectivity index (χ0n) is 11.6. The summed E-state index contributed by atoms with van der Waals surface area (Å²) in [6, 6.07) is 14.5. The maximum Gasteiger partial charge on any atom is 0.237 e. The smallest absolute Gasteiger partial charge is 0.237 e. The molecule has 100 valence electrons. The standard InChI is InChI=1S/C16H20N2O/c1-11(18-16(2,3)15(17)19)13-10-6-8-12-7-4-5-9-14(12)13/h4-11,18H,1-3H3,(H2,17,19). The van der Waals surface area contributed by atoms with E-state index in [1.165, 1.54) is 16.3 Å². The van der Waals surface area contributed by atoms with E-state index in [1.807, 2.05) is 25.1 Å². The number of primary amides is 1. The van der Waals surface area contributed by atoms with Gasteiger partial charge in [-0.2, -0.15) is 0 Å². The van der Waals surface area contributed by atoms with Gasteiger partial charge in [0.05, 0.1) is 5.54 Å². The molecule has 0 saturated carbocycles. The highest BCUT2D eigenvalue weighted by Crippen LogP contribution is 2.25. The van der Waals surface area contributed by atoms with Crippen molar-refractivity contribution in [3.63, 3.8) is 0 Å². The molecule has 0 fully saturated rings. The zero-order chi connectivity index (χ0) is 14.0. The van der Waals surface area contributed by atoms with Crippen LogP contribution in [-0.4, -0.2) is 11.4 Å². The van der Waals surface area contributed by atoms with Gasteiger partial charge in [-0.15, -0.1) is 0 Å². The van der Waals surface area contributed by atoms with Gasteiger partial charge < -0.3 is 5.73 Å². The second kappa shape index (κ2) is 5.02. The molecule has 0 aliphatic heterocycles. The lowest BCUT2D eigenvalue weighted by Gasteiger charge is -2.28. The van der Waals surface area contributed by atoms with Crippen molar-refractivity contribution < 1.29 is 4.79 Å². The molecule has 0 radical (unpaired) electrons. The highest BCUT2D eigenvalue weighted by molar-refractivity contribution is 5.86. The first-order valence-electron chi connectivity index (χ1n) is 6.47. The van der Waals surface area contributed by atoms with Crippen LogP contribution in [0, 0.1) is 0 Å². The third-order valence-corrected chi connectivity index (χ3v) is 3.48. The Morgan fingerprint density at radius 2 is 1.79 bits per heavy atom. The molecule has 19 heavy (non-hydrogen) atoms. The van der Waals surface area contributed by atoms with E-state index in [-0.39, 0.29) is 11.9 Å². The molecule has 0 saturated heterocycles. The fourth-order valence-electron chi connectivity index (χ4n) is 2.32. The van der Waals surface area contributed by atoms with E-state index in [2.05, 4.69) is 29.6 Å². The zero-order valence-corrected chi connectivity index (χ0v) is 11.6. The predicted molar refractivity (Wildman–Crippen MR) is 78.8 cm³/mol. The molecule has 0 aliphatic rings. The summed E-state index contributed by atoms with van der Waals surface area (Å²) >= 11 is 0. The highest BCUT2D eigenvalue weighted by Gasteiger charge is 2.27. The van der Waals surface area contributed by atoms with Crippen LogP contribution in [0.15, 0.2) is 42.5 Å². The van der Waals surface area contributed by atoms with Crippen molar-refractivity contribution in [3.05, 3.63) is 48.0 Å². The summed E-state index contributed by atoms with van der Waals surface area (Å²) in [6.45, 7) is 5.65. The second-order valence-corrected chi connectivity index (χ2v) is 5.42. The monoisotopic (exact) mass is 256 g/mol. The molecule has 0 heterocycles. The van der Waals surface area contributed by atoms with Gasteiger partial charge in [0.25, 0.3) is 0 Å². The Labute approximate surface area is 113 Å². The molecule has 1 amide bonds. The fourth-order valence-corrected chi connectivity index (χ4v) is 2.32. The van der Waals surface area contributed by atoms with Crippen LogP contribution in [-0.2, 0) is 4.79 Å². The molecule has 0 aliphatic carbocycles. The predicted octanol–water partition coefficient (Wildman–Crippen LogP) is 2.75. The first-order chi connectivity index (χ1) is 8.92. The van der Waals surface area contributed by atoms with Crippen molar-refractivity contribution in [3.8, 4) is 0 Å². The minimum Gasteiger partial charge on any atom is -0.368 e. The van der Waals surface area contributed by atoms with Crippen LogP contribution in [0.3, 0.4) is 0 Å². The number of benzene rings is 2. The maximum absolute atomic E-state index is 11.4. The summed E-state index contributed by atoms with van der Waals surface area (Å²) < 4.78 is 0. The van der Waals surface area contributed by atoms with Gasteiger partial charge >= 0.3 is 0 Å². The van der Waals surface area contributed by atoms with Gasteiger partial charge in [0.1, 0.15) is 0 Å². The van der Waals surface area contributed by atoms with Crippen molar-refractivity contribution in [1.29, 1.82) is 0 Å². The third-order valence-electron chi connectivity index (χ3n) is 3.48. The molecule has 0 aromatic heterocycles. The van der Waals surface area contributed by atoms with Gasteiger partial charge in [0, 0.05) is 6.04 Å². The van der Waals surface area contributed by atoms with Crippen molar-refractivity contribution in [1.82, 2.24) is 5.32 Å². The van der Waals surface area contributed by atoms with Gasteiger partial charge in [0.15, 0.2) is 0 Å². The fraction of sp³-hybridized carbons (Fsp3) is 0.312. The van der Waals surface area contributed by atoms with Crippen molar-refractivity contribution in [2.45, 2.75) is 32.4 Å². The number of carbonyl (C=O) groups excluding carboxylic acids is 1.